The van der Waals surface area contributed by atoms with Gasteiger partial charge in [0.15, 0.2) is 5.71 Å². The maximum atomic E-state index is 12.5. The smallest absolute Gasteiger partial charge is 0.281 e. The standard InChI is InChI=1S/C17H13N5O2/c1-24-14-9-7-12(8-10-14)19-20-16-15(11-18)21-22(17(16)23)13-5-3-2-4-6-13/h2-10,16H,1H3. The summed E-state index contributed by atoms with van der Waals surface area (Å²) in [5.41, 5.74) is 1.15. The van der Waals surface area contributed by atoms with Gasteiger partial charge < -0.3 is 4.74 Å². The van der Waals surface area contributed by atoms with Crippen molar-refractivity contribution < 1.29 is 9.53 Å². The number of benzene rings is 2. The van der Waals surface area contributed by atoms with Crippen LogP contribution in [0.1, 0.15) is 0 Å². The van der Waals surface area contributed by atoms with Crippen LogP contribution in [0.4, 0.5) is 11.4 Å². The number of hydrogen-bond donors (Lipinski definition) is 0. The van der Waals surface area contributed by atoms with Crippen molar-refractivity contribution in [3.05, 3.63) is 54.6 Å². The van der Waals surface area contributed by atoms with E-state index in [9.17, 15) is 10.1 Å². The molecular weight excluding hydrogens is 306 g/mol. The topological polar surface area (TPSA) is 90.4 Å². The quantitative estimate of drug-likeness (QED) is 0.811. The molecule has 0 bridgehead atoms. The number of ether oxygens (including phenoxy) is 1. The lowest BCUT2D eigenvalue weighted by atomic mass is 10.2. The lowest BCUT2D eigenvalue weighted by Crippen LogP contribution is -2.30. The number of carbonyl (C=O) groups is 1. The van der Waals surface area contributed by atoms with E-state index in [-0.39, 0.29) is 5.71 Å². The minimum atomic E-state index is -1.03. The Bertz CT molecular complexity index is 838. The van der Waals surface area contributed by atoms with E-state index in [2.05, 4.69) is 15.3 Å². The summed E-state index contributed by atoms with van der Waals surface area (Å²) in [6.45, 7) is 0. The van der Waals surface area contributed by atoms with Gasteiger partial charge in [0, 0.05) is 0 Å². The maximum Gasteiger partial charge on any atom is 0.281 e. The molecule has 0 fully saturated rings. The number of rotatable bonds is 4. The van der Waals surface area contributed by atoms with Crippen molar-refractivity contribution in [2.45, 2.75) is 6.04 Å². The van der Waals surface area contributed by atoms with Crippen LogP contribution in [0.25, 0.3) is 0 Å². The van der Waals surface area contributed by atoms with Crippen molar-refractivity contribution in [2.75, 3.05) is 12.1 Å². The van der Waals surface area contributed by atoms with E-state index in [4.69, 9.17) is 4.74 Å². The predicted molar refractivity (Wildman–Crippen MR) is 88.3 cm³/mol. The summed E-state index contributed by atoms with van der Waals surface area (Å²) in [5, 5.41) is 22.5. The molecule has 1 amide bonds. The zero-order chi connectivity index (χ0) is 16.9. The van der Waals surface area contributed by atoms with Crippen molar-refractivity contribution in [2.24, 2.45) is 15.3 Å². The lowest BCUT2D eigenvalue weighted by Gasteiger charge is -2.11. The Morgan fingerprint density at radius 1 is 1.17 bits per heavy atom. The predicted octanol–water partition coefficient (Wildman–Crippen LogP) is 3.07. The van der Waals surface area contributed by atoms with E-state index in [0.29, 0.717) is 17.1 Å². The van der Waals surface area contributed by atoms with E-state index in [0.717, 1.165) is 0 Å². The number of nitriles is 1. The van der Waals surface area contributed by atoms with Crippen molar-refractivity contribution in [1.82, 2.24) is 0 Å². The summed E-state index contributed by atoms with van der Waals surface area (Å²) in [6.07, 6.45) is 0. The van der Waals surface area contributed by atoms with Crippen LogP contribution in [-0.4, -0.2) is 24.8 Å². The molecule has 1 atom stereocenters. The first-order chi connectivity index (χ1) is 11.7. The minimum Gasteiger partial charge on any atom is -0.497 e. The minimum absolute atomic E-state index is 0.0149. The van der Waals surface area contributed by atoms with Gasteiger partial charge >= 0.3 is 0 Å². The van der Waals surface area contributed by atoms with Gasteiger partial charge in [-0.15, -0.1) is 0 Å². The van der Waals surface area contributed by atoms with Crippen LogP contribution in [0.2, 0.25) is 0 Å². The first-order valence-electron chi connectivity index (χ1n) is 7.15. The third-order valence-corrected chi connectivity index (χ3v) is 3.39. The molecular formula is C17H13N5O2. The molecule has 118 valence electrons. The summed E-state index contributed by atoms with van der Waals surface area (Å²) in [7, 11) is 1.57. The molecule has 1 heterocycles. The van der Waals surface area contributed by atoms with Gasteiger partial charge in [-0.2, -0.15) is 25.6 Å². The number of hydrogen-bond acceptors (Lipinski definition) is 6. The molecule has 3 rings (SSSR count). The Kier molecular flexibility index (Phi) is 4.29. The molecule has 0 N–H and O–H groups in total. The van der Waals surface area contributed by atoms with E-state index >= 15 is 0 Å². The van der Waals surface area contributed by atoms with Gasteiger partial charge in [-0.05, 0) is 36.4 Å². The van der Waals surface area contributed by atoms with Crippen LogP contribution in [0.15, 0.2) is 69.9 Å². The number of anilines is 1. The Labute approximate surface area is 138 Å². The van der Waals surface area contributed by atoms with Gasteiger partial charge in [-0.1, -0.05) is 18.2 Å². The highest BCUT2D eigenvalue weighted by Gasteiger charge is 2.37. The van der Waals surface area contributed by atoms with Gasteiger partial charge in [0.25, 0.3) is 5.91 Å². The zero-order valence-electron chi connectivity index (χ0n) is 12.8. The van der Waals surface area contributed by atoms with Gasteiger partial charge in [0.2, 0.25) is 6.04 Å². The van der Waals surface area contributed by atoms with Gasteiger partial charge in [0.05, 0.1) is 18.5 Å². The van der Waals surface area contributed by atoms with E-state index < -0.39 is 11.9 Å². The second kappa shape index (κ2) is 6.71. The Balaban J connectivity index is 1.83. The molecule has 0 aliphatic carbocycles. The summed E-state index contributed by atoms with van der Waals surface area (Å²) in [4.78, 5) is 12.5. The zero-order valence-corrected chi connectivity index (χ0v) is 12.8. The maximum absolute atomic E-state index is 12.5. The fourth-order valence-corrected chi connectivity index (χ4v) is 2.16. The molecule has 0 aromatic heterocycles. The highest BCUT2D eigenvalue weighted by molar-refractivity contribution is 6.24. The molecule has 7 heteroatoms. The molecule has 0 saturated carbocycles. The molecule has 1 aliphatic rings. The third kappa shape index (κ3) is 2.98. The fraction of sp³-hybridized carbons (Fsp3) is 0.118. The van der Waals surface area contributed by atoms with Crippen LogP contribution >= 0.6 is 0 Å². The summed E-state index contributed by atoms with van der Waals surface area (Å²) >= 11 is 0. The van der Waals surface area contributed by atoms with Crippen LogP contribution < -0.4 is 9.75 Å². The lowest BCUT2D eigenvalue weighted by molar-refractivity contribution is -0.117. The number of nitrogens with zero attached hydrogens (tertiary/aromatic N) is 5. The molecule has 0 spiro atoms. The molecule has 1 unspecified atom stereocenters. The number of amides is 1. The van der Waals surface area contributed by atoms with Crippen molar-refractivity contribution in [3.8, 4) is 11.8 Å². The average Bonchev–Trinajstić information content (AvgIpc) is 2.97. The summed E-state index contributed by atoms with van der Waals surface area (Å²) < 4.78 is 5.07. The number of carbonyl (C=O) groups excluding carboxylic acids is 1. The number of azo groups is 1. The Hall–Kier alpha value is -3.53. The highest BCUT2D eigenvalue weighted by Crippen LogP contribution is 2.23. The number of methoxy groups -OCH3 is 1. The molecule has 2 aromatic rings. The monoisotopic (exact) mass is 319 g/mol. The largest absolute Gasteiger partial charge is 0.497 e. The van der Waals surface area contributed by atoms with E-state index in [1.54, 1.807) is 55.6 Å². The second-order valence-electron chi connectivity index (χ2n) is 4.90. The Morgan fingerprint density at radius 3 is 2.50 bits per heavy atom. The van der Waals surface area contributed by atoms with Crippen LogP contribution in [0.5, 0.6) is 5.75 Å². The molecule has 7 nitrogen and oxygen atoms in total. The summed E-state index contributed by atoms with van der Waals surface area (Å²) in [6, 6.07) is 16.7. The first kappa shape index (κ1) is 15.4. The normalized spacial score (nSPS) is 17.0. The van der Waals surface area contributed by atoms with Gasteiger partial charge in [0.1, 0.15) is 11.8 Å². The molecule has 0 radical (unpaired) electrons. The van der Waals surface area contributed by atoms with E-state index in [1.807, 2.05) is 12.1 Å². The van der Waals surface area contributed by atoms with E-state index in [1.165, 1.54) is 5.01 Å². The van der Waals surface area contributed by atoms with Crippen LogP contribution in [0.3, 0.4) is 0 Å². The average molecular weight is 319 g/mol. The van der Waals surface area contributed by atoms with Crippen molar-refractivity contribution in [3.63, 3.8) is 0 Å². The van der Waals surface area contributed by atoms with Gasteiger partial charge in [-0.3, -0.25) is 4.79 Å². The van der Waals surface area contributed by atoms with Crippen LogP contribution in [-0.2, 0) is 4.79 Å². The molecule has 1 aliphatic heterocycles. The molecule has 0 saturated heterocycles. The second-order valence-corrected chi connectivity index (χ2v) is 4.90. The summed E-state index contributed by atoms with van der Waals surface area (Å²) in [5.74, 6) is 0.287. The highest BCUT2D eigenvalue weighted by atomic mass is 16.5. The van der Waals surface area contributed by atoms with Crippen molar-refractivity contribution in [1.29, 1.82) is 5.26 Å². The fourth-order valence-electron chi connectivity index (χ4n) is 2.16. The Morgan fingerprint density at radius 2 is 1.88 bits per heavy atom. The SMILES string of the molecule is COc1ccc(N=NC2C(=O)N(c3ccccc3)N=C2C#N)cc1. The number of para-hydroxylation sites is 1. The molecule has 2 aromatic carbocycles. The third-order valence-electron chi connectivity index (χ3n) is 3.39. The molecule has 24 heavy (non-hydrogen) atoms. The number of hydrazone groups is 1. The van der Waals surface area contributed by atoms with Crippen LogP contribution in [0, 0.1) is 11.3 Å². The van der Waals surface area contributed by atoms with Gasteiger partial charge in [-0.25, -0.2) is 0 Å². The first-order valence-corrected chi connectivity index (χ1v) is 7.15. The van der Waals surface area contributed by atoms with Crippen molar-refractivity contribution >= 4 is 23.0 Å².